The summed E-state index contributed by atoms with van der Waals surface area (Å²) >= 11 is 3.20. The minimum atomic E-state index is -0.781. The Kier molecular flexibility index (Phi) is 7.48. The fraction of sp³-hybridized carbons (Fsp3) is 0.684. The van der Waals surface area contributed by atoms with E-state index < -0.39 is 16.6 Å². The van der Waals surface area contributed by atoms with Gasteiger partial charge in [0.2, 0.25) is 0 Å². The Bertz CT molecular complexity index is 498. The van der Waals surface area contributed by atoms with Gasteiger partial charge in [0.1, 0.15) is 5.01 Å². The summed E-state index contributed by atoms with van der Waals surface area (Å²) in [7, 11) is 1.46. The third-order valence-electron chi connectivity index (χ3n) is 5.10. The van der Waals surface area contributed by atoms with Crippen LogP contribution in [-0.2, 0) is 4.74 Å². The molecular weight excluding hydrogens is 362 g/mol. The van der Waals surface area contributed by atoms with E-state index >= 15 is 0 Å². The summed E-state index contributed by atoms with van der Waals surface area (Å²) in [5.74, 6) is -0.558. The van der Waals surface area contributed by atoms with Crippen molar-refractivity contribution in [2.45, 2.75) is 69.2 Å². The second kappa shape index (κ2) is 9.12. The quantitative estimate of drug-likeness (QED) is 0.366. The standard InChI is InChI=1S/C19H27BrF2O/c1-3-4-5-6-13-7-9-14(10-8-13)15-11-12-16(19(20)23-2)18(22)17(15)21/h11-14,19H,3-10H2,1-2H3/t13-,14-,19?. The largest absolute Gasteiger partial charge is 0.365 e. The van der Waals surface area contributed by atoms with E-state index in [1.165, 1.54) is 32.8 Å². The molecule has 0 bridgehead atoms. The van der Waals surface area contributed by atoms with Gasteiger partial charge in [0.15, 0.2) is 11.6 Å². The van der Waals surface area contributed by atoms with Crippen LogP contribution in [0.4, 0.5) is 8.78 Å². The molecule has 1 atom stereocenters. The van der Waals surface area contributed by atoms with Gasteiger partial charge in [-0.15, -0.1) is 0 Å². The average Bonchev–Trinajstić information content (AvgIpc) is 2.57. The van der Waals surface area contributed by atoms with E-state index in [0.29, 0.717) is 5.56 Å². The van der Waals surface area contributed by atoms with Gasteiger partial charge in [-0.3, -0.25) is 0 Å². The molecule has 1 aliphatic carbocycles. The Morgan fingerprint density at radius 3 is 2.43 bits per heavy atom. The Morgan fingerprint density at radius 1 is 1.13 bits per heavy atom. The zero-order valence-corrected chi connectivity index (χ0v) is 15.7. The third-order valence-corrected chi connectivity index (χ3v) is 5.96. The monoisotopic (exact) mass is 388 g/mol. The molecule has 0 radical (unpaired) electrons. The molecule has 1 aliphatic rings. The number of rotatable bonds is 7. The maximum atomic E-state index is 14.4. The second-order valence-corrected chi connectivity index (χ2v) is 7.47. The van der Waals surface area contributed by atoms with E-state index in [4.69, 9.17) is 4.74 Å². The predicted molar refractivity (Wildman–Crippen MR) is 93.9 cm³/mol. The third kappa shape index (κ3) is 4.76. The highest BCUT2D eigenvalue weighted by Crippen LogP contribution is 2.40. The minimum Gasteiger partial charge on any atom is -0.365 e. The smallest absolute Gasteiger partial charge is 0.165 e. The average molecular weight is 389 g/mol. The second-order valence-electron chi connectivity index (χ2n) is 6.64. The van der Waals surface area contributed by atoms with Crippen molar-refractivity contribution in [2.24, 2.45) is 5.92 Å². The van der Waals surface area contributed by atoms with Crippen molar-refractivity contribution in [1.29, 1.82) is 0 Å². The first-order valence-electron chi connectivity index (χ1n) is 8.73. The van der Waals surface area contributed by atoms with Crippen LogP contribution in [0, 0.1) is 17.6 Å². The molecule has 1 fully saturated rings. The predicted octanol–water partition coefficient (Wildman–Crippen LogP) is 6.86. The van der Waals surface area contributed by atoms with Crippen molar-refractivity contribution in [3.63, 3.8) is 0 Å². The first-order chi connectivity index (χ1) is 11.1. The van der Waals surface area contributed by atoms with Gasteiger partial charge in [0, 0.05) is 12.7 Å². The lowest BCUT2D eigenvalue weighted by Crippen LogP contribution is -2.15. The lowest BCUT2D eigenvalue weighted by Gasteiger charge is -2.29. The molecular formula is C19H27BrF2O. The topological polar surface area (TPSA) is 9.23 Å². The van der Waals surface area contributed by atoms with Crippen molar-refractivity contribution < 1.29 is 13.5 Å². The number of methoxy groups -OCH3 is 1. The van der Waals surface area contributed by atoms with Crippen LogP contribution >= 0.6 is 15.9 Å². The molecule has 23 heavy (non-hydrogen) atoms. The van der Waals surface area contributed by atoms with E-state index in [1.54, 1.807) is 12.1 Å². The van der Waals surface area contributed by atoms with Gasteiger partial charge in [-0.05, 0) is 43.1 Å². The van der Waals surface area contributed by atoms with Crippen molar-refractivity contribution >= 4 is 15.9 Å². The van der Waals surface area contributed by atoms with Gasteiger partial charge in [0.05, 0.1) is 0 Å². The Morgan fingerprint density at radius 2 is 1.83 bits per heavy atom. The van der Waals surface area contributed by atoms with Crippen LogP contribution < -0.4 is 0 Å². The fourth-order valence-corrected chi connectivity index (χ4v) is 4.00. The van der Waals surface area contributed by atoms with Gasteiger partial charge >= 0.3 is 0 Å². The highest BCUT2D eigenvalue weighted by molar-refractivity contribution is 9.09. The maximum Gasteiger partial charge on any atom is 0.165 e. The number of ether oxygens (including phenoxy) is 1. The SMILES string of the molecule is CCCCC[C@H]1CC[C@H](c2ccc(C(Br)OC)c(F)c2F)CC1. The molecule has 1 aromatic rings. The molecule has 4 heteroatoms. The van der Waals surface area contributed by atoms with E-state index in [9.17, 15) is 8.78 Å². The van der Waals surface area contributed by atoms with E-state index in [-0.39, 0.29) is 11.5 Å². The van der Waals surface area contributed by atoms with Crippen LogP contribution in [0.15, 0.2) is 12.1 Å². The summed E-state index contributed by atoms with van der Waals surface area (Å²) in [5.41, 5.74) is 0.760. The molecule has 1 unspecified atom stereocenters. The van der Waals surface area contributed by atoms with Gasteiger partial charge in [-0.1, -0.05) is 60.7 Å². The zero-order valence-electron chi connectivity index (χ0n) is 14.1. The summed E-state index contributed by atoms with van der Waals surface area (Å²) in [6.45, 7) is 2.22. The van der Waals surface area contributed by atoms with Crippen LogP contribution in [0.1, 0.15) is 80.3 Å². The van der Waals surface area contributed by atoms with Gasteiger partial charge < -0.3 is 4.74 Å². The summed E-state index contributed by atoms with van der Waals surface area (Å²) in [5, 5.41) is -0.611. The number of hydrogen-bond donors (Lipinski definition) is 0. The van der Waals surface area contributed by atoms with Crippen molar-refractivity contribution in [3.8, 4) is 0 Å². The first kappa shape index (κ1) is 18.9. The first-order valence-corrected chi connectivity index (χ1v) is 9.64. The van der Waals surface area contributed by atoms with Gasteiger partial charge in [-0.2, -0.15) is 0 Å². The van der Waals surface area contributed by atoms with E-state index in [0.717, 1.165) is 31.6 Å². The molecule has 0 saturated heterocycles. The number of halogens is 3. The molecule has 0 heterocycles. The molecule has 0 spiro atoms. The Labute approximate surface area is 146 Å². The lowest BCUT2D eigenvalue weighted by atomic mass is 9.76. The molecule has 1 nitrogen and oxygen atoms in total. The van der Waals surface area contributed by atoms with Crippen LogP contribution in [-0.4, -0.2) is 7.11 Å². The number of benzene rings is 1. The normalized spacial score (nSPS) is 23.0. The molecule has 1 saturated carbocycles. The van der Waals surface area contributed by atoms with Crippen LogP contribution in [0.3, 0.4) is 0 Å². The summed E-state index contributed by atoms with van der Waals surface area (Å²) < 4.78 is 33.7. The molecule has 2 rings (SSSR count). The van der Waals surface area contributed by atoms with Gasteiger partial charge in [0.25, 0.3) is 0 Å². The number of hydrogen-bond acceptors (Lipinski definition) is 1. The van der Waals surface area contributed by atoms with Crippen molar-refractivity contribution in [3.05, 3.63) is 34.9 Å². The highest BCUT2D eigenvalue weighted by Gasteiger charge is 2.27. The summed E-state index contributed by atoms with van der Waals surface area (Å²) in [6, 6.07) is 3.38. The fourth-order valence-electron chi connectivity index (χ4n) is 3.64. The van der Waals surface area contributed by atoms with Crippen LogP contribution in [0.5, 0.6) is 0 Å². The molecule has 1 aromatic carbocycles. The van der Waals surface area contributed by atoms with Gasteiger partial charge in [-0.25, -0.2) is 8.78 Å². The minimum absolute atomic E-state index is 0.150. The molecule has 0 aromatic heterocycles. The highest BCUT2D eigenvalue weighted by atomic mass is 79.9. The summed E-state index contributed by atoms with van der Waals surface area (Å²) in [6.07, 6.45) is 9.34. The molecule has 130 valence electrons. The Balaban J connectivity index is 2.00. The molecule has 0 amide bonds. The summed E-state index contributed by atoms with van der Waals surface area (Å²) in [4.78, 5) is 0. The van der Waals surface area contributed by atoms with Crippen molar-refractivity contribution in [2.75, 3.05) is 7.11 Å². The number of unbranched alkanes of at least 4 members (excludes halogenated alkanes) is 2. The lowest BCUT2D eigenvalue weighted by molar-refractivity contribution is 0.176. The van der Waals surface area contributed by atoms with E-state index in [1.807, 2.05) is 0 Å². The molecule has 0 N–H and O–H groups in total. The molecule has 0 aliphatic heterocycles. The number of alkyl halides is 1. The Hall–Kier alpha value is -0.480. The van der Waals surface area contributed by atoms with Crippen LogP contribution in [0.2, 0.25) is 0 Å². The maximum absolute atomic E-state index is 14.4. The zero-order chi connectivity index (χ0) is 16.8. The van der Waals surface area contributed by atoms with E-state index in [2.05, 4.69) is 22.9 Å². The van der Waals surface area contributed by atoms with Crippen LogP contribution in [0.25, 0.3) is 0 Å². The van der Waals surface area contributed by atoms with Crippen molar-refractivity contribution in [1.82, 2.24) is 0 Å².